The molecular weight excluding hydrogens is 252 g/mol. The van der Waals surface area contributed by atoms with Crippen LogP contribution in [0.1, 0.15) is 21.8 Å². The molecule has 88 valence electrons. The molecule has 0 radical (unpaired) electrons. The molecule has 0 aliphatic rings. The monoisotopic (exact) mass is 264 g/mol. The van der Waals surface area contributed by atoms with Crippen molar-refractivity contribution in [2.45, 2.75) is 17.7 Å². The molecule has 0 fully saturated rings. The van der Waals surface area contributed by atoms with Crippen LogP contribution >= 0.6 is 23.1 Å². The van der Waals surface area contributed by atoms with Crippen LogP contribution in [0.5, 0.6) is 0 Å². The number of Topliss-reactive ketones (excluding diaryl/α,β-unsaturated/α-hetero) is 1. The van der Waals surface area contributed by atoms with E-state index >= 15 is 0 Å². The molecular formula is C12H12N2OS2. The van der Waals surface area contributed by atoms with Gasteiger partial charge in [0.1, 0.15) is 5.01 Å². The standard InChI is InChI=1S/C12H12N2OS2/c1-9-13-14-12(17-9)16-8-7-11(15)10-5-3-2-4-6-10/h2-6H,7-8H2,1H3. The second kappa shape index (κ2) is 5.93. The highest BCUT2D eigenvalue weighted by atomic mass is 32.2. The van der Waals surface area contributed by atoms with Gasteiger partial charge in [-0.05, 0) is 6.92 Å². The Morgan fingerprint density at radius 3 is 2.71 bits per heavy atom. The van der Waals surface area contributed by atoms with Gasteiger partial charge in [-0.3, -0.25) is 4.79 Å². The van der Waals surface area contributed by atoms with Crippen molar-refractivity contribution in [1.82, 2.24) is 10.2 Å². The molecule has 1 heterocycles. The molecule has 0 saturated carbocycles. The number of ketones is 1. The molecule has 0 atom stereocenters. The zero-order valence-electron chi connectivity index (χ0n) is 9.42. The second-order valence-corrected chi connectivity index (χ2v) is 6.00. The van der Waals surface area contributed by atoms with Crippen LogP contribution in [0.3, 0.4) is 0 Å². The van der Waals surface area contributed by atoms with Gasteiger partial charge < -0.3 is 0 Å². The molecule has 1 aromatic carbocycles. The van der Waals surface area contributed by atoms with Gasteiger partial charge in [0.05, 0.1) is 0 Å². The summed E-state index contributed by atoms with van der Waals surface area (Å²) in [5, 5.41) is 8.90. The first-order valence-corrected chi connectivity index (χ1v) is 7.07. The fourth-order valence-corrected chi connectivity index (χ4v) is 3.16. The van der Waals surface area contributed by atoms with E-state index in [-0.39, 0.29) is 5.78 Å². The van der Waals surface area contributed by atoms with Gasteiger partial charge in [-0.25, -0.2) is 0 Å². The van der Waals surface area contributed by atoms with Gasteiger partial charge in [-0.15, -0.1) is 10.2 Å². The number of rotatable bonds is 5. The zero-order valence-corrected chi connectivity index (χ0v) is 11.1. The van der Waals surface area contributed by atoms with E-state index < -0.39 is 0 Å². The number of benzene rings is 1. The third-order valence-electron chi connectivity index (χ3n) is 2.16. The van der Waals surface area contributed by atoms with Crippen molar-refractivity contribution in [3.63, 3.8) is 0 Å². The van der Waals surface area contributed by atoms with Gasteiger partial charge in [0, 0.05) is 17.7 Å². The van der Waals surface area contributed by atoms with Crippen molar-refractivity contribution in [1.29, 1.82) is 0 Å². The zero-order chi connectivity index (χ0) is 12.1. The highest BCUT2D eigenvalue weighted by Crippen LogP contribution is 2.22. The maximum Gasteiger partial charge on any atom is 0.174 e. The van der Waals surface area contributed by atoms with E-state index in [1.165, 1.54) is 0 Å². The minimum atomic E-state index is 0.180. The van der Waals surface area contributed by atoms with Crippen molar-refractivity contribution in [2.75, 3.05) is 5.75 Å². The van der Waals surface area contributed by atoms with Crippen LogP contribution in [0.4, 0.5) is 0 Å². The number of hydrogen-bond donors (Lipinski definition) is 0. The summed E-state index contributed by atoms with van der Waals surface area (Å²) in [5.74, 6) is 0.932. The minimum Gasteiger partial charge on any atom is -0.294 e. The van der Waals surface area contributed by atoms with Gasteiger partial charge >= 0.3 is 0 Å². The number of thioether (sulfide) groups is 1. The Bertz CT molecular complexity index is 496. The molecule has 1 aromatic heterocycles. The third kappa shape index (κ3) is 3.64. The third-order valence-corrected chi connectivity index (χ3v) is 4.13. The molecule has 2 aromatic rings. The van der Waals surface area contributed by atoms with Crippen molar-refractivity contribution < 1.29 is 4.79 Å². The van der Waals surface area contributed by atoms with E-state index in [0.717, 1.165) is 20.7 Å². The molecule has 0 amide bonds. The van der Waals surface area contributed by atoms with Crippen molar-refractivity contribution in [3.8, 4) is 0 Å². The Labute approximate surface area is 108 Å². The lowest BCUT2D eigenvalue weighted by molar-refractivity contribution is 0.0989. The Morgan fingerprint density at radius 2 is 2.06 bits per heavy atom. The van der Waals surface area contributed by atoms with Crippen molar-refractivity contribution in [2.24, 2.45) is 0 Å². The van der Waals surface area contributed by atoms with Gasteiger partial charge in [0.25, 0.3) is 0 Å². The van der Waals surface area contributed by atoms with Crippen LogP contribution in [-0.4, -0.2) is 21.7 Å². The van der Waals surface area contributed by atoms with E-state index in [2.05, 4.69) is 10.2 Å². The summed E-state index contributed by atoms with van der Waals surface area (Å²) in [6.07, 6.45) is 0.535. The quantitative estimate of drug-likeness (QED) is 0.614. The Balaban J connectivity index is 1.81. The molecule has 0 aliphatic heterocycles. The molecule has 0 spiro atoms. The number of carbonyl (C=O) groups excluding carboxylic acids is 1. The van der Waals surface area contributed by atoms with Crippen LogP contribution in [-0.2, 0) is 0 Å². The summed E-state index contributed by atoms with van der Waals surface area (Å²) in [7, 11) is 0. The number of aromatic nitrogens is 2. The van der Waals surface area contributed by atoms with Gasteiger partial charge in [-0.1, -0.05) is 53.4 Å². The molecule has 5 heteroatoms. The topological polar surface area (TPSA) is 42.9 Å². The predicted molar refractivity (Wildman–Crippen MR) is 70.8 cm³/mol. The van der Waals surface area contributed by atoms with Crippen molar-refractivity contribution in [3.05, 3.63) is 40.9 Å². The highest BCUT2D eigenvalue weighted by molar-refractivity contribution is 8.01. The number of aryl methyl sites for hydroxylation is 1. The van der Waals surface area contributed by atoms with Gasteiger partial charge in [0.15, 0.2) is 10.1 Å². The molecule has 3 nitrogen and oxygen atoms in total. The van der Waals surface area contributed by atoms with E-state index in [0.29, 0.717) is 6.42 Å². The number of hydrogen-bond acceptors (Lipinski definition) is 5. The van der Waals surface area contributed by atoms with Crippen LogP contribution in [0.15, 0.2) is 34.7 Å². The normalized spacial score (nSPS) is 10.4. The van der Waals surface area contributed by atoms with Gasteiger partial charge in [-0.2, -0.15) is 0 Å². The maximum absolute atomic E-state index is 11.8. The van der Waals surface area contributed by atoms with Crippen molar-refractivity contribution >= 4 is 28.9 Å². The van der Waals surface area contributed by atoms with E-state index in [4.69, 9.17) is 0 Å². The SMILES string of the molecule is Cc1nnc(SCCC(=O)c2ccccc2)s1. The Hall–Kier alpha value is -1.20. The molecule has 0 saturated heterocycles. The largest absolute Gasteiger partial charge is 0.294 e. The molecule has 0 unspecified atom stereocenters. The number of carbonyl (C=O) groups is 1. The summed E-state index contributed by atoms with van der Waals surface area (Å²) < 4.78 is 0.934. The summed E-state index contributed by atoms with van der Waals surface area (Å²) in [6, 6.07) is 9.38. The lowest BCUT2D eigenvalue weighted by atomic mass is 10.1. The van der Waals surface area contributed by atoms with E-state index in [1.54, 1.807) is 23.1 Å². The number of nitrogens with zero attached hydrogens (tertiary/aromatic N) is 2. The maximum atomic E-state index is 11.8. The summed E-state index contributed by atoms with van der Waals surface area (Å²) in [4.78, 5) is 11.8. The molecule has 2 rings (SSSR count). The fourth-order valence-electron chi connectivity index (χ4n) is 1.34. The lowest BCUT2D eigenvalue weighted by Gasteiger charge is -1.99. The Morgan fingerprint density at radius 1 is 1.29 bits per heavy atom. The average molecular weight is 264 g/mol. The summed E-state index contributed by atoms with van der Waals surface area (Å²) >= 11 is 3.15. The smallest absolute Gasteiger partial charge is 0.174 e. The fraction of sp³-hybridized carbons (Fsp3) is 0.250. The van der Waals surface area contributed by atoms with Crippen LogP contribution in [0, 0.1) is 6.92 Å². The van der Waals surface area contributed by atoms with Crippen LogP contribution < -0.4 is 0 Å². The average Bonchev–Trinajstić information content (AvgIpc) is 2.76. The molecule has 0 bridgehead atoms. The van der Waals surface area contributed by atoms with E-state index in [1.807, 2.05) is 37.3 Å². The summed E-state index contributed by atoms with van der Waals surface area (Å²) in [5.41, 5.74) is 0.779. The molecule has 0 N–H and O–H groups in total. The second-order valence-electron chi connectivity index (χ2n) is 3.47. The summed E-state index contributed by atoms with van der Waals surface area (Å²) in [6.45, 7) is 1.93. The predicted octanol–water partition coefficient (Wildman–Crippen LogP) is 3.21. The minimum absolute atomic E-state index is 0.180. The van der Waals surface area contributed by atoms with E-state index in [9.17, 15) is 4.79 Å². The highest BCUT2D eigenvalue weighted by Gasteiger charge is 2.06. The first kappa shape index (κ1) is 12.3. The first-order chi connectivity index (χ1) is 8.25. The van der Waals surface area contributed by atoms with Gasteiger partial charge in [0.2, 0.25) is 0 Å². The molecule has 17 heavy (non-hydrogen) atoms. The van der Waals surface area contributed by atoms with Crippen LogP contribution in [0.25, 0.3) is 0 Å². The molecule has 0 aliphatic carbocycles. The van der Waals surface area contributed by atoms with Crippen LogP contribution in [0.2, 0.25) is 0 Å². The Kier molecular flexibility index (Phi) is 4.28. The lowest BCUT2D eigenvalue weighted by Crippen LogP contribution is -1.99. The first-order valence-electron chi connectivity index (χ1n) is 5.27.